The summed E-state index contributed by atoms with van der Waals surface area (Å²) in [7, 11) is -8.44. The van der Waals surface area contributed by atoms with Crippen LogP contribution in [0.1, 0.15) is 127 Å². The molecule has 0 aromatic heterocycles. The first kappa shape index (κ1) is 47.6. The normalized spacial score (nSPS) is 22.1. The molecule has 1 aliphatic carbocycles. The molecule has 0 aliphatic heterocycles. The van der Waals surface area contributed by atoms with Gasteiger partial charge in [0.2, 0.25) is 0 Å². The topological polar surface area (TPSA) is 54.0 Å². The van der Waals surface area contributed by atoms with Gasteiger partial charge in [-0.1, -0.05) is 113 Å². The van der Waals surface area contributed by atoms with Crippen LogP contribution in [0.5, 0.6) is 0 Å². The highest BCUT2D eigenvalue weighted by Crippen LogP contribution is 2.49. The van der Waals surface area contributed by atoms with E-state index in [1.54, 1.807) is 0 Å². The molecule has 2 rings (SSSR count). The van der Waals surface area contributed by atoms with Crippen LogP contribution >= 0.6 is 0 Å². The zero-order valence-corrected chi connectivity index (χ0v) is 41.8. The molecule has 9 heteroatoms. The van der Waals surface area contributed by atoms with E-state index in [9.17, 15) is 4.79 Å². The maximum absolute atomic E-state index is 13.6. The summed E-state index contributed by atoms with van der Waals surface area (Å²) < 4.78 is 28.4. The summed E-state index contributed by atoms with van der Waals surface area (Å²) in [6.45, 7) is 46.3. The fraction of sp³-hybridized carbons (Fsp3) is 0.837. The number of aryl methyl sites for hydroxylation is 1. The van der Waals surface area contributed by atoms with Crippen LogP contribution in [0.25, 0.3) is 0 Å². The molecule has 0 bridgehead atoms. The van der Waals surface area contributed by atoms with Crippen molar-refractivity contribution >= 4 is 39.2 Å². The van der Waals surface area contributed by atoms with Gasteiger partial charge < -0.3 is 17.7 Å². The first-order valence-corrected chi connectivity index (χ1v) is 32.1. The number of carbonyl (C=O) groups is 1. The molecule has 1 saturated carbocycles. The highest BCUT2D eigenvalue weighted by Gasteiger charge is 2.52. The second-order valence-corrected chi connectivity index (χ2v) is 41.3. The van der Waals surface area contributed by atoms with Crippen molar-refractivity contribution in [2.45, 2.75) is 219 Å². The molecule has 0 saturated heterocycles. The minimum Gasteiger partial charge on any atom is -0.519 e. The summed E-state index contributed by atoms with van der Waals surface area (Å²) >= 11 is 0. The SMILES string of the molecule is CC(C)(C)[Si](C)(C)OC(=O)CC[C@@H]1[C@@H](CC[C@H](CCc2ccccc2)O[Si](C)(C)C(C)(C)C)[C@H](O[Si](C)(C)C(C)(C)C)C[C@@H]1O[Si](C)(C)C(C)(C)C. The van der Waals surface area contributed by atoms with Crippen LogP contribution in [0.3, 0.4) is 0 Å². The van der Waals surface area contributed by atoms with Gasteiger partial charge in [0.15, 0.2) is 25.0 Å². The first-order chi connectivity index (χ1) is 23.2. The lowest BCUT2D eigenvalue weighted by atomic mass is 9.85. The molecule has 5 atom stereocenters. The van der Waals surface area contributed by atoms with Crippen molar-refractivity contribution in [3.05, 3.63) is 35.9 Å². The molecule has 0 heterocycles. The van der Waals surface area contributed by atoms with Gasteiger partial charge in [0.25, 0.3) is 14.3 Å². The van der Waals surface area contributed by atoms with Crippen molar-refractivity contribution in [1.29, 1.82) is 0 Å². The van der Waals surface area contributed by atoms with Crippen molar-refractivity contribution in [1.82, 2.24) is 0 Å². The van der Waals surface area contributed by atoms with E-state index in [0.29, 0.717) is 6.42 Å². The molecule has 0 N–H and O–H groups in total. The van der Waals surface area contributed by atoms with E-state index in [1.165, 1.54) is 5.56 Å². The molecule has 1 aromatic carbocycles. The van der Waals surface area contributed by atoms with Crippen molar-refractivity contribution in [3.8, 4) is 0 Å². The highest BCUT2D eigenvalue weighted by atomic mass is 28.4. The minimum absolute atomic E-state index is 0.0203. The lowest BCUT2D eigenvalue weighted by Gasteiger charge is -2.41. The minimum atomic E-state index is -2.22. The molecule has 0 spiro atoms. The molecular formula is C43H84O5Si4. The molecule has 302 valence electrons. The summed E-state index contributed by atoms with van der Waals surface area (Å²) in [6, 6.07) is 10.9. The predicted octanol–water partition coefficient (Wildman–Crippen LogP) is 13.5. The van der Waals surface area contributed by atoms with Crippen molar-refractivity contribution in [2.75, 3.05) is 0 Å². The third kappa shape index (κ3) is 13.0. The van der Waals surface area contributed by atoms with Crippen LogP contribution in [-0.2, 0) is 28.9 Å². The number of hydrogen-bond acceptors (Lipinski definition) is 5. The molecule has 0 radical (unpaired) electrons. The molecule has 0 amide bonds. The maximum atomic E-state index is 13.6. The molecule has 5 nitrogen and oxygen atoms in total. The smallest absolute Gasteiger partial charge is 0.292 e. The summed E-state index contributed by atoms with van der Waals surface area (Å²) in [4.78, 5) is 13.6. The Labute approximate surface area is 327 Å². The number of carbonyl (C=O) groups excluding carboxylic acids is 1. The van der Waals surface area contributed by atoms with Gasteiger partial charge in [-0.05, 0) is 128 Å². The van der Waals surface area contributed by atoms with Crippen molar-refractivity contribution in [2.24, 2.45) is 11.8 Å². The van der Waals surface area contributed by atoms with Gasteiger partial charge in [-0.25, -0.2) is 0 Å². The maximum Gasteiger partial charge on any atom is 0.292 e. The Morgan fingerprint density at radius 2 is 1.04 bits per heavy atom. The Morgan fingerprint density at radius 3 is 1.46 bits per heavy atom. The van der Waals surface area contributed by atoms with Crippen LogP contribution in [0.2, 0.25) is 72.5 Å². The lowest BCUT2D eigenvalue weighted by Crippen LogP contribution is -2.46. The van der Waals surface area contributed by atoms with Gasteiger partial charge in [0, 0.05) is 12.5 Å². The van der Waals surface area contributed by atoms with E-state index in [-0.39, 0.29) is 56.3 Å². The standard InChI is InChI=1S/C43H84O5Si4/c1-40(2,3)49(13,14)45-34(27-26-33-24-22-21-23-25-33)28-29-35-36(30-31-39(44)48-52(19,20)43(10,11)12)38(47-51(17,18)42(7,8)9)32-37(35)46-50(15,16)41(4,5)6/h21-25,34-38H,26-32H2,1-20H3/t34-,35+,36+,37+,38-/m0/s1. The molecular weight excluding hydrogens is 709 g/mol. The van der Waals surface area contributed by atoms with Crippen LogP contribution in [0.15, 0.2) is 30.3 Å². The summed E-state index contributed by atoms with van der Waals surface area (Å²) in [5.74, 6) is 0.456. The Morgan fingerprint density at radius 1 is 0.615 bits per heavy atom. The third-order valence-electron chi connectivity index (χ3n) is 14.0. The molecule has 1 fully saturated rings. The van der Waals surface area contributed by atoms with Crippen LogP contribution < -0.4 is 0 Å². The number of benzene rings is 1. The predicted molar refractivity (Wildman–Crippen MR) is 234 cm³/mol. The molecule has 0 unspecified atom stereocenters. The first-order valence-electron chi connectivity index (χ1n) is 20.5. The van der Waals surface area contributed by atoms with Gasteiger partial charge in [0.05, 0.1) is 12.2 Å². The zero-order valence-electron chi connectivity index (χ0n) is 37.8. The fourth-order valence-corrected chi connectivity index (χ4v) is 11.5. The van der Waals surface area contributed by atoms with Crippen LogP contribution in [-0.4, -0.2) is 57.6 Å². The van der Waals surface area contributed by atoms with Gasteiger partial charge in [-0.3, -0.25) is 4.79 Å². The Balaban J connectivity index is 2.56. The van der Waals surface area contributed by atoms with E-state index >= 15 is 0 Å². The Bertz CT molecular complexity index is 1270. The average molecular weight is 793 g/mol. The van der Waals surface area contributed by atoms with Crippen molar-refractivity contribution in [3.63, 3.8) is 0 Å². The van der Waals surface area contributed by atoms with Gasteiger partial charge >= 0.3 is 0 Å². The Hall–Kier alpha value is -0.562. The van der Waals surface area contributed by atoms with Gasteiger partial charge in [0.1, 0.15) is 0 Å². The van der Waals surface area contributed by atoms with Crippen LogP contribution in [0, 0.1) is 11.8 Å². The van der Waals surface area contributed by atoms with Gasteiger partial charge in [-0.15, -0.1) is 0 Å². The zero-order chi connectivity index (χ0) is 40.4. The molecule has 1 aliphatic rings. The largest absolute Gasteiger partial charge is 0.519 e. The second-order valence-electron chi connectivity index (χ2n) is 22.3. The van der Waals surface area contributed by atoms with E-state index < -0.39 is 33.3 Å². The average Bonchev–Trinajstić information content (AvgIpc) is 3.24. The van der Waals surface area contributed by atoms with Crippen LogP contribution in [0.4, 0.5) is 0 Å². The summed E-state index contributed by atoms with van der Waals surface area (Å²) in [6.07, 6.45) is 6.42. The Kier molecular flexibility index (Phi) is 15.8. The van der Waals surface area contributed by atoms with E-state index in [0.717, 1.165) is 38.5 Å². The number of hydrogen-bond donors (Lipinski definition) is 0. The summed E-state index contributed by atoms with van der Waals surface area (Å²) in [5, 5.41) is 0.302. The second kappa shape index (κ2) is 17.3. The number of rotatable bonds is 16. The fourth-order valence-electron chi connectivity index (χ4n) is 6.29. The van der Waals surface area contributed by atoms with Gasteiger partial charge in [-0.2, -0.15) is 0 Å². The monoisotopic (exact) mass is 793 g/mol. The molecule has 52 heavy (non-hydrogen) atoms. The quantitative estimate of drug-likeness (QED) is 0.156. The highest BCUT2D eigenvalue weighted by molar-refractivity contribution is 6.76. The lowest BCUT2D eigenvalue weighted by molar-refractivity contribution is -0.136. The van der Waals surface area contributed by atoms with E-state index in [2.05, 4.69) is 166 Å². The van der Waals surface area contributed by atoms with Crippen molar-refractivity contribution < 1.29 is 22.5 Å². The summed E-state index contributed by atoms with van der Waals surface area (Å²) in [5.41, 5.74) is 1.37. The van der Waals surface area contributed by atoms with E-state index in [1.807, 2.05) is 0 Å². The third-order valence-corrected chi connectivity index (χ3v) is 31.9. The molecule has 1 aromatic rings. The van der Waals surface area contributed by atoms with E-state index in [4.69, 9.17) is 17.7 Å².